The second-order valence-corrected chi connectivity index (χ2v) is 8.30. The highest BCUT2D eigenvalue weighted by Gasteiger charge is 2.20. The number of para-hydroxylation sites is 1. The first-order chi connectivity index (χ1) is 15.2. The Morgan fingerprint density at radius 2 is 1.68 bits per heavy atom. The molecule has 3 aromatic carbocycles. The van der Waals surface area contributed by atoms with Crippen LogP contribution in [0.15, 0.2) is 84.0 Å². The van der Waals surface area contributed by atoms with Gasteiger partial charge in [0.15, 0.2) is 11.0 Å². The van der Waals surface area contributed by atoms with Gasteiger partial charge in [-0.15, -0.1) is 10.2 Å². The summed E-state index contributed by atoms with van der Waals surface area (Å²) in [5, 5.41) is 19.1. The van der Waals surface area contributed by atoms with Gasteiger partial charge in [0.2, 0.25) is 0 Å². The molecular formula is C25H22N4OS. The molecule has 0 fully saturated rings. The fourth-order valence-corrected chi connectivity index (χ4v) is 4.23. The summed E-state index contributed by atoms with van der Waals surface area (Å²) < 4.78 is 7.28. The Kier molecular flexibility index (Phi) is 6.34. The molecule has 0 amide bonds. The van der Waals surface area contributed by atoms with Crippen molar-refractivity contribution in [1.82, 2.24) is 14.8 Å². The molecule has 0 spiro atoms. The van der Waals surface area contributed by atoms with Crippen LogP contribution in [-0.2, 0) is 6.42 Å². The molecule has 154 valence electrons. The van der Waals surface area contributed by atoms with E-state index in [2.05, 4.69) is 47.5 Å². The van der Waals surface area contributed by atoms with Gasteiger partial charge in [-0.25, -0.2) is 0 Å². The standard InChI is InChI=1S/C25H22N4OS/c1-18-8-10-19(11-9-18)16-23(17-26)31-25-28-27-24(20-12-14-22(30-2)15-13-20)29(25)21-6-4-3-5-7-21/h3-15,23H,16H2,1-2H3. The number of thioether (sulfide) groups is 1. The van der Waals surface area contributed by atoms with Crippen LogP contribution in [0.1, 0.15) is 11.1 Å². The molecule has 0 N–H and O–H groups in total. The molecule has 0 saturated carbocycles. The van der Waals surface area contributed by atoms with E-state index < -0.39 is 0 Å². The predicted octanol–water partition coefficient (Wildman–Crippen LogP) is 5.48. The third kappa shape index (κ3) is 4.79. The van der Waals surface area contributed by atoms with Crippen LogP contribution < -0.4 is 4.74 Å². The zero-order valence-electron chi connectivity index (χ0n) is 17.4. The summed E-state index contributed by atoms with van der Waals surface area (Å²) in [5.41, 5.74) is 4.22. The smallest absolute Gasteiger partial charge is 0.197 e. The summed E-state index contributed by atoms with van der Waals surface area (Å²) >= 11 is 1.44. The zero-order valence-corrected chi connectivity index (χ0v) is 18.2. The average molecular weight is 427 g/mol. The van der Waals surface area contributed by atoms with Gasteiger partial charge in [-0.2, -0.15) is 5.26 Å². The molecule has 5 nitrogen and oxygen atoms in total. The summed E-state index contributed by atoms with van der Waals surface area (Å²) in [6.45, 7) is 2.06. The first kappa shape index (κ1) is 20.7. The second-order valence-electron chi connectivity index (χ2n) is 7.13. The molecule has 0 aliphatic heterocycles. The van der Waals surface area contributed by atoms with Gasteiger partial charge in [0, 0.05) is 11.3 Å². The minimum atomic E-state index is -0.280. The molecular weight excluding hydrogens is 404 g/mol. The normalized spacial score (nSPS) is 11.6. The van der Waals surface area contributed by atoms with Crippen LogP contribution >= 0.6 is 11.8 Å². The number of methoxy groups -OCH3 is 1. The van der Waals surface area contributed by atoms with Crippen LogP contribution in [0.4, 0.5) is 0 Å². The highest BCUT2D eigenvalue weighted by molar-refractivity contribution is 8.00. The predicted molar refractivity (Wildman–Crippen MR) is 123 cm³/mol. The SMILES string of the molecule is COc1ccc(-c2nnc(SC(C#N)Cc3ccc(C)cc3)n2-c2ccccc2)cc1. The maximum atomic E-state index is 9.80. The van der Waals surface area contributed by atoms with Gasteiger partial charge < -0.3 is 4.74 Å². The Labute approximate surface area is 186 Å². The van der Waals surface area contributed by atoms with E-state index in [1.165, 1.54) is 17.3 Å². The van der Waals surface area contributed by atoms with Gasteiger partial charge in [-0.05, 0) is 55.3 Å². The molecule has 0 aliphatic rings. The number of nitrogens with zero attached hydrogens (tertiary/aromatic N) is 4. The Bertz CT molecular complexity index is 1180. The van der Waals surface area contributed by atoms with Gasteiger partial charge >= 0.3 is 0 Å². The number of ether oxygens (including phenoxy) is 1. The van der Waals surface area contributed by atoms with Crippen molar-refractivity contribution in [3.8, 4) is 28.9 Å². The summed E-state index contributed by atoms with van der Waals surface area (Å²) in [7, 11) is 1.65. The summed E-state index contributed by atoms with van der Waals surface area (Å²) in [4.78, 5) is 0. The molecule has 4 aromatic rings. The largest absolute Gasteiger partial charge is 0.497 e. The number of rotatable bonds is 7. The maximum Gasteiger partial charge on any atom is 0.197 e. The van der Waals surface area contributed by atoms with E-state index >= 15 is 0 Å². The molecule has 6 heteroatoms. The van der Waals surface area contributed by atoms with Crippen molar-refractivity contribution in [1.29, 1.82) is 5.26 Å². The van der Waals surface area contributed by atoms with Gasteiger partial charge in [-0.1, -0.05) is 59.8 Å². The molecule has 0 bridgehead atoms. The van der Waals surface area contributed by atoms with Crippen molar-refractivity contribution < 1.29 is 4.74 Å². The van der Waals surface area contributed by atoms with Crippen LogP contribution in [0.5, 0.6) is 5.75 Å². The van der Waals surface area contributed by atoms with Crippen molar-refractivity contribution in [3.05, 3.63) is 90.0 Å². The zero-order chi connectivity index (χ0) is 21.6. The first-order valence-electron chi connectivity index (χ1n) is 9.95. The Morgan fingerprint density at radius 1 is 0.968 bits per heavy atom. The van der Waals surface area contributed by atoms with E-state index in [-0.39, 0.29) is 5.25 Å². The lowest BCUT2D eigenvalue weighted by Gasteiger charge is -2.13. The topological polar surface area (TPSA) is 63.7 Å². The summed E-state index contributed by atoms with van der Waals surface area (Å²) in [6, 6.07) is 28.4. The van der Waals surface area contributed by atoms with Crippen LogP contribution in [0.3, 0.4) is 0 Å². The molecule has 1 atom stereocenters. The van der Waals surface area contributed by atoms with E-state index in [0.717, 1.165) is 28.4 Å². The van der Waals surface area contributed by atoms with Crippen molar-refractivity contribution in [2.75, 3.05) is 7.11 Å². The fourth-order valence-electron chi connectivity index (χ4n) is 3.26. The minimum absolute atomic E-state index is 0.280. The monoisotopic (exact) mass is 426 g/mol. The number of aryl methyl sites for hydroxylation is 1. The molecule has 1 unspecified atom stereocenters. The van der Waals surface area contributed by atoms with Crippen LogP contribution in [0.2, 0.25) is 0 Å². The highest BCUT2D eigenvalue weighted by Crippen LogP contribution is 2.31. The van der Waals surface area contributed by atoms with Crippen molar-refractivity contribution in [2.24, 2.45) is 0 Å². The van der Waals surface area contributed by atoms with Gasteiger partial charge in [-0.3, -0.25) is 4.57 Å². The number of aromatic nitrogens is 3. The van der Waals surface area contributed by atoms with Crippen molar-refractivity contribution in [3.63, 3.8) is 0 Å². The van der Waals surface area contributed by atoms with Crippen LogP contribution in [0.25, 0.3) is 17.1 Å². The molecule has 0 aliphatic carbocycles. The summed E-state index contributed by atoms with van der Waals surface area (Å²) in [6.07, 6.45) is 0.640. The summed E-state index contributed by atoms with van der Waals surface area (Å²) in [5.74, 6) is 1.51. The Morgan fingerprint density at radius 3 is 2.32 bits per heavy atom. The van der Waals surface area contributed by atoms with E-state index in [4.69, 9.17) is 4.74 Å². The Balaban J connectivity index is 1.69. The lowest BCUT2D eigenvalue weighted by molar-refractivity contribution is 0.415. The molecule has 0 saturated heterocycles. The maximum absolute atomic E-state index is 9.80. The van der Waals surface area contributed by atoms with E-state index in [9.17, 15) is 5.26 Å². The van der Waals surface area contributed by atoms with Gasteiger partial charge in [0.1, 0.15) is 11.0 Å². The first-order valence-corrected chi connectivity index (χ1v) is 10.8. The third-order valence-corrected chi connectivity index (χ3v) is 5.96. The molecule has 1 aromatic heterocycles. The molecule has 31 heavy (non-hydrogen) atoms. The molecule has 4 rings (SSSR count). The van der Waals surface area contributed by atoms with Crippen LogP contribution in [-0.4, -0.2) is 27.1 Å². The Hall–Kier alpha value is -3.56. The molecule has 1 heterocycles. The van der Waals surface area contributed by atoms with Gasteiger partial charge in [0.05, 0.1) is 13.2 Å². The van der Waals surface area contributed by atoms with Crippen molar-refractivity contribution in [2.45, 2.75) is 23.8 Å². The minimum Gasteiger partial charge on any atom is -0.497 e. The highest BCUT2D eigenvalue weighted by atomic mass is 32.2. The fraction of sp³-hybridized carbons (Fsp3) is 0.160. The number of benzene rings is 3. The quantitative estimate of drug-likeness (QED) is 0.366. The van der Waals surface area contributed by atoms with E-state index in [1.807, 2.05) is 59.2 Å². The number of hydrogen-bond donors (Lipinski definition) is 0. The number of hydrogen-bond acceptors (Lipinski definition) is 5. The van der Waals surface area contributed by atoms with Crippen LogP contribution in [0, 0.1) is 18.3 Å². The van der Waals surface area contributed by atoms with Crippen molar-refractivity contribution >= 4 is 11.8 Å². The van der Waals surface area contributed by atoms with Gasteiger partial charge in [0.25, 0.3) is 0 Å². The average Bonchev–Trinajstić information content (AvgIpc) is 3.24. The third-order valence-electron chi connectivity index (χ3n) is 4.93. The lowest BCUT2D eigenvalue weighted by atomic mass is 10.1. The van der Waals surface area contributed by atoms with E-state index in [1.54, 1.807) is 7.11 Å². The number of nitriles is 1. The lowest BCUT2D eigenvalue weighted by Crippen LogP contribution is -2.07. The second kappa shape index (κ2) is 9.50. The van der Waals surface area contributed by atoms with E-state index in [0.29, 0.717) is 11.6 Å². The molecule has 0 radical (unpaired) electrons.